The Kier molecular flexibility index (Phi) is 5.91. The molecule has 1 aliphatic heterocycles. The lowest BCUT2D eigenvalue weighted by Gasteiger charge is -2.26. The van der Waals surface area contributed by atoms with E-state index in [0.717, 1.165) is 24.4 Å². The molecule has 1 aliphatic rings. The molecule has 0 bridgehead atoms. The maximum absolute atomic E-state index is 10.3. The molecule has 6 heteroatoms. The van der Waals surface area contributed by atoms with Crippen molar-refractivity contribution in [2.75, 3.05) is 20.2 Å². The molecule has 150 valence electrons. The molecule has 0 unspecified atom stereocenters. The van der Waals surface area contributed by atoms with E-state index in [4.69, 9.17) is 14.8 Å². The van der Waals surface area contributed by atoms with Crippen molar-refractivity contribution in [3.8, 4) is 22.9 Å². The van der Waals surface area contributed by atoms with Crippen LogP contribution in [0.2, 0.25) is 0 Å². The summed E-state index contributed by atoms with van der Waals surface area (Å²) in [4.78, 5) is 7.10. The van der Waals surface area contributed by atoms with E-state index in [0.29, 0.717) is 23.9 Å². The van der Waals surface area contributed by atoms with E-state index in [1.54, 1.807) is 13.2 Å². The second kappa shape index (κ2) is 8.92. The molecule has 1 aromatic heterocycles. The number of phenols is 1. The van der Waals surface area contributed by atoms with Gasteiger partial charge in [-0.2, -0.15) is 0 Å². The fraction of sp³-hybridized carbons (Fsp3) is 0.304. The molecule has 2 aromatic carbocycles. The molecule has 29 heavy (non-hydrogen) atoms. The summed E-state index contributed by atoms with van der Waals surface area (Å²) < 4.78 is 7.18. The van der Waals surface area contributed by atoms with Gasteiger partial charge in [0.25, 0.3) is 0 Å². The average Bonchev–Trinajstić information content (AvgIpc) is 3.16. The van der Waals surface area contributed by atoms with Crippen molar-refractivity contribution in [2.24, 2.45) is 0 Å². The number of nitrogens with zero attached hydrogens (tertiary/aromatic N) is 4. The molecule has 6 nitrogen and oxygen atoms in total. The van der Waals surface area contributed by atoms with Gasteiger partial charge in [0.05, 0.1) is 19.3 Å². The van der Waals surface area contributed by atoms with Crippen LogP contribution < -0.4 is 4.74 Å². The normalized spacial score (nSPS) is 15.1. The highest BCUT2D eigenvalue weighted by molar-refractivity contribution is 5.69. The molecule has 1 N–H and O–H groups in total. The van der Waals surface area contributed by atoms with Crippen LogP contribution in [0.3, 0.4) is 0 Å². The molecule has 0 amide bonds. The van der Waals surface area contributed by atoms with E-state index >= 15 is 0 Å². The number of hydrogen-bond donors (Lipinski definition) is 1. The predicted octanol–water partition coefficient (Wildman–Crippen LogP) is 4.27. The number of phenolic OH excluding ortho intramolecular Hbond substituents is 1. The van der Waals surface area contributed by atoms with E-state index < -0.39 is 0 Å². The van der Waals surface area contributed by atoms with Gasteiger partial charge in [0.2, 0.25) is 0 Å². The molecule has 0 spiro atoms. The van der Waals surface area contributed by atoms with Gasteiger partial charge in [-0.3, -0.25) is 4.90 Å². The third kappa shape index (κ3) is 4.66. The van der Waals surface area contributed by atoms with Crippen molar-refractivity contribution < 1.29 is 9.84 Å². The van der Waals surface area contributed by atoms with Crippen molar-refractivity contribution >= 4 is 12.2 Å². The topological polar surface area (TPSA) is 63.4 Å². The van der Waals surface area contributed by atoms with Gasteiger partial charge < -0.3 is 9.84 Å². The van der Waals surface area contributed by atoms with E-state index in [9.17, 15) is 5.11 Å². The van der Waals surface area contributed by atoms with Crippen LogP contribution in [0.15, 0.2) is 48.5 Å². The van der Waals surface area contributed by atoms with Crippen molar-refractivity contribution in [1.29, 1.82) is 0 Å². The van der Waals surface area contributed by atoms with Gasteiger partial charge in [0.15, 0.2) is 11.6 Å². The van der Waals surface area contributed by atoms with Crippen LogP contribution >= 0.6 is 0 Å². The standard InChI is InChI=1S/C23H26N4O2/c1-29-19-9-7-8-18(16-19)12-13-22-24-23(20-10-3-4-11-21(20)28)27(25-22)17-26-14-5-2-6-15-26/h3-4,7-13,16,28H,2,5-6,14-15,17H2,1H3/b13-12+. The minimum Gasteiger partial charge on any atom is -0.507 e. The second-order valence-electron chi connectivity index (χ2n) is 7.24. The Morgan fingerprint density at radius 1 is 1.03 bits per heavy atom. The Balaban J connectivity index is 1.65. The zero-order valence-corrected chi connectivity index (χ0v) is 16.7. The number of aromatic hydroxyl groups is 1. The van der Waals surface area contributed by atoms with E-state index in [-0.39, 0.29) is 5.75 Å². The zero-order chi connectivity index (χ0) is 20.1. The Morgan fingerprint density at radius 3 is 2.66 bits per heavy atom. The number of ether oxygens (including phenoxy) is 1. The molecule has 0 atom stereocenters. The maximum Gasteiger partial charge on any atom is 0.174 e. The number of likely N-dealkylation sites (tertiary alicyclic amines) is 1. The van der Waals surface area contributed by atoms with Crippen LogP contribution in [0.5, 0.6) is 11.5 Å². The Labute approximate surface area is 171 Å². The fourth-order valence-electron chi connectivity index (χ4n) is 3.60. The first-order chi connectivity index (χ1) is 14.2. The highest BCUT2D eigenvalue weighted by Gasteiger charge is 2.17. The average molecular weight is 390 g/mol. The number of rotatable bonds is 6. The summed E-state index contributed by atoms with van der Waals surface area (Å²) in [5.41, 5.74) is 1.71. The van der Waals surface area contributed by atoms with Gasteiger partial charge in [-0.25, -0.2) is 9.67 Å². The molecule has 0 radical (unpaired) electrons. The van der Waals surface area contributed by atoms with Gasteiger partial charge in [0.1, 0.15) is 11.5 Å². The number of hydrogen-bond acceptors (Lipinski definition) is 5. The minimum atomic E-state index is 0.211. The number of para-hydroxylation sites is 1. The first-order valence-corrected chi connectivity index (χ1v) is 10.0. The van der Waals surface area contributed by atoms with E-state index in [2.05, 4.69) is 4.90 Å². The summed E-state index contributed by atoms with van der Waals surface area (Å²) in [6, 6.07) is 15.1. The lowest BCUT2D eigenvalue weighted by atomic mass is 10.1. The van der Waals surface area contributed by atoms with Crippen molar-refractivity contribution in [2.45, 2.75) is 25.9 Å². The number of benzene rings is 2. The summed E-state index contributed by atoms with van der Waals surface area (Å²) in [5.74, 6) is 2.32. The molecule has 2 heterocycles. The molecule has 0 saturated carbocycles. The van der Waals surface area contributed by atoms with Crippen LogP contribution in [0.25, 0.3) is 23.5 Å². The fourth-order valence-corrected chi connectivity index (χ4v) is 3.60. The van der Waals surface area contributed by atoms with Crippen LogP contribution in [-0.4, -0.2) is 45.0 Å². The third-order valence-electron chi connectivity index (χ3n) is 5.13. The van der Waals surface area contributed by atoms with Crippen LogP contribution in [0.1, 0.15) is 30.7 Å². The molecule has 4 rings (SSSR count). The van der Waals surface area contributed by atoms with E-state index in [1.165, 1.54) is 19.3 Å². The summed E-state index contributed by atoms with van der Waals surface area (Å²) in [5, 5.41) is 15.1. The Hall–Kier alpha value is -3.12. The SMILES string of the molecule is COc1cccc(/C=C/c2nc(-c3ccccc3O)n(CN3CCCCC3)n2)c1. The molecular formula is C23H26N4O2. The lowest BCUT2D eigenvalue weighted by Crippen LogP contribution is -2.32. The number of methoxy groups -OCH3 is 1. The van der Waals surface area contributed by atoms with Gasteiger partial charge in [0, 0.05) is 0 Å². The first kappa shape index (κ1) is 19.2. The highest BCUT2D eigenvalue weighted by atomic mass is 16.5. The van der Waals surface area contributed by atoms with Crippen molar-refractivity contribution in [3.63, 3.8) is 0 Å². The van der Waals surface area contributed by atoms with Crippen molar-refractivity contribution in [3.05, 3.63) is 59.9 Å². The van der Waals surface area contributed by atoms with Gasteiger partial charge >= 0.3 is 0 Å². The molecule has 1 saturated heterocycles. The lowest BCUT2D eigenvalue weighted by molar-refractivity contribution is 0.174. The largest absolute Gasteiger partial charge is 0.507 e. The first-order valence-electron chi connectivity index (χ1n) is 10.0. The van der Waals surface area contributed by atoms with Crippen LogP contribution in [0.4, 0.5) is 0 Å². The molecule has 3 aromatic rings. The van der Waals surface area contributed by atoms with Gasteiger partial charge in [-0.15, -0.1) is 5.10 Å². The van der Waals surface area contributed by atoms with E-state index in [1.807, 2.05) is 59.3 Å². The van der Waals surface area contributed by atoms with Gasteiger partial charge in [-0.1, -0.05) is 36.8 Å². The third-order valence-corrected chi connectivity index (χ3v) is 5.13. The second-order valence-corrected chi connectivity index (χ2v) is 7.24. The molecule has 1 fully saturated rings. The molecular weight excluding hydrogens is 364 g/mol. The summed E-state index contributed by atoms with van der Waals surface area (Å²) in [7, 11) is 1.66. The summed E-state index contributed by atoms with van der Waals surface area (Å²) >= 11 is 0. The number of piperidine rings is 1. The van der Waals surface area contributed by atoms with Gasteiger partial charge in [-0.05, 0) is 61.8 Å². The van der Waals surface area contributed by atoms with Crippen molar-refractivity contribution in [1.82, 2.24) is 19.7 Å². The number of aromatic nitrogens is 3. The smallest absolute Gasteiger partial charge is 0.174 e. The molecule has 0 aliphatic carbocycles. The Morgan fingerprint density at radius 2 is 1.86 bits per heavy atom. The zero-order valence-electron chi connectivity index (χ0n) is 16.7. The predicted molar refractivity (Wildman–Crippen MR) is 114 cm³/mol. The minimum absolute atomic E-state index is 0.211. The monoisotopic (exact) mass is 390 g/mol. The summed E-state index contributed by atoms with van der Waals surface area (Å²) in [6.07, 6.45) is 7.57. The quantitative estimate of drug-likeness (QED) is 0.681. The van der Waals surface area contributed by atoms with Crippen LogP contribution in [-0.2, 0) is 6.67 Å². The van der Waals surface area contributed by atoms with Crippen LogP contribution in [0, 0.1) is 0 Å². The Bertz CT molecular complexity index is 990. The highest BCUT2D eigenvalue weighted by Crippen LogP contribution is 2.28. The maximum atomic E-state index is 10.3. The summed E-state index contributed by atoms with van der Waals surface area (Å²) in [6.45, 7) is 2.80.